The monoisotopic (exact) mass is 458 g/mol. The van der Waals surface area contributed by atoms with Crippen LogP contribution in [0.2, 0.25) is 0 Å². The Kier molecular flexibility index (Phi) is 6.92. The molecule has 2 aromatic carbocycles. The van der Waals surface area contributed by atoms with Crippen LogP contribution >= 0.6 is 0 Å². The van der Waals surface area contributed by atoms with Gasteiger partial charge in [0.05, 0.1) is 25.3 Å². The van der Waals surface area contributed by atoms with Crippen LogP contribution in [0.1, 0.15) is 29.7 Å². The Labute approximate surface area is 198 Å². The van der Waals surface area contributed by atoms with Crippen LogP contribution in [0.5, 0.6) is 11.5 Å². The second-order valence-corrected chi connectivity index (χ2v) is 7.81. The fourth-order valence-electron chi connectivity index (χ4n) is 4.15. The van der Waals surface area contributed by atoms with Gasteiger partial charge in [-0.1, -0.05) is 36.4 Å². The number of aromatic nitrogens is 1. The number of hydrogen-bond acceptors (Lipinski definition) is 6. The molecule has 1 atom stereocenters. The molecule has 0 aliphatic carbocycles. The van der Waals surface area contributed by atoms with Crippen molar-refractivity contribution in [2.24, 2.45) is 0 Å². The zero-order valence-electron chi connectivity index (χ0n) is 19.1. The van der Waals surface area contributed by atoms with E-state index in [0.717, 1.165) is 5.56 Å². The van der Waals surface area contributed by atoms with E-state index in [1.165, 1.54) is 24.4 Å². The maximum absolute atomic E-state index is 13.2. The van der Waals surface area contributed by atoms with Crippen LogP contribution in [0.25, 0.3) is 5.76 Å². The molecule has 1 aliphatic heterocycles. The van der Waals surface area contributed by atoms with E-state index in [2.05, 4.69) is 4.98 Å². The molecule has 1 N–H and O–H groups in total. The first-order chi connectivity index (χ1) is 16.5. The number of aliphatic hydroxyl groups is 1. The summed E-state index contributed by atoms with van der Waals surface area (Å²) in [6, 6.07) is 17.5. The molecular formula is C27H26N2O5. The van der Waals surface area contributed by atoms with E-state index in [1.807, 2.05) is 37.3 Å². The fraction of sp³-hybridized carbons (Fsp3) is 0.222. The number of rotatable bonds is 8. The first-order valence-electron chi connectivity index (χ1n) is 11.1. The average molecular weight is 459 g/mol. The van der Waals surface area contributed by atoms with Crippen LogP contribution in [0.4, 0.5) is 0 Å². The summed E-state index contributed by atoms with van der Waals surface area (Å²) in [5.74, 6) is -0.563. The van der Waals surface area contributed by atoms with Gasteiger partial charge in [0, 0.05) is 24.5 Å². The van der Waals surface area contributed by atoms with E-state index in [-0.39, 0.29) is 11.3 Å². The molecule has 1 aromatic heterocycles. The molecule has 3 aromatic rings. The van der Waals surface area contributed by atoms with Crippen molar-refractivity contribution in [3.05, 3.63) is 95.3 Å². The lowest BCUT2D eigenvalue weighted by Crippen LogP contribution is -2.31. The number of likely N-dealkylation sites (tertiary alicyclic amines) is 1. The smallest absolute Gasteiger partial charge is 0.295 e. The van der Waals surface area contributed by atoms with Gasteiger partial charge in [0.2, 0.25) is 0 Å². The van der Waals surface area contributed by atoms with Gasteiger partial charge in [-0.15, -0.1) is 0 Å². The number of amides is 1. The predicted molar refractivity (Wildman–Crippen MR) is 128 cm³/mol. The Morgan fingerprint density at radius 2 is 1.76 bits per heavy atom. The number of ketones is 1. The zero-order valence-corrected chi connectivity index (χ0v) is 19.1. The molecule has 7 heteroatoms. The van der Waals surface area contributed by atoms with Gasteiger partial charge in [-0.25, -0.2) is 0 Å². The van der Waals surface area contributed by atoms with Crippen LogP contribution in [-0.4, -0.2) is 46.9 Å². The van der Waals surface area contributed by atoms with Crippen molar-refractivity contribution >= 4 is 17.4 Å². The molecule has 1 unspecified atom stereocenters. The van der Waals surface area contributed by atoms with Gasteiger partial charge >= 0.3 is 0 Å². The van der Waals surface area contributed by atoms with E-state index in [9.17, 15) is 14.7 Å². The number of carbonyl (C=O) groups excluding carboxylic acids is 2. The van der Waals surface area contributed by atoms with Gasteiger partial charge in [0.1, 0.15) is 5.76 Å². The Morgan fingerprint density at radius 3 is 2.44 bits per heavy atom. The minimum absolute atomic E-state index is 0.0375. The molecule has 0 bridgehead atoms. The molecule has 2 heterocycles. The average Bonchev–Trinajstić information content (AvgIpc) is 3.13. The lowest BCUT2D eigenvalue weighted by molar-refractivity contribution is -0.139. The summed E-state index contributed by atoms with van der Waals surface area (Å²) >= 11 is 0. The topological polar surface area (TPSA) is 89.0 Å². The van der Waals surface area contributed by atoms with Gasteiger partial charge in [0.15, 0.2) is 11.5 Å². The number of aliphatic hydroxyl groups excluding tert-OH is 1. The van der Waals surface area contributed by atoms with Crippen LogP contribution < -0.4 is 9.47 Å². The molecule has 1 amide bonds. The van der Waals surface area contributed by atoms with Crippen molar-refractivity contribution in [3.63, 3.8) is 0 Å². The minimum Gasteiger partial charge on any atom is -0.507 e. The summed E-state index contributed by atoms with van der Waals surface area (Å²) in [5.41, 5.74) is 2.14. The van der Waals surface area contributed by atoms with Crippen molar-refractivity contribution in [1.29, 1.82) is 0 Å². The van der Waals surface area contributed by atoms with E-state index in [0.29, 0.717) is 42.2 Å². The Bertz CT molecular complexity index is 1210. The standard InChI is InChI=1S/C27H26N2O5/c1-3-34-21-10-9-20(17-22(21)33-2)24-23(25(30)19-11-14-28-15-12-19)26(31)27(32)29(24)16-13-18-7-5-4-6-8-18/h4-12,14-15,17,24,30H,3,13,16H2,1-2H3. The first-order valence-corrected chi connectivity index (χ1v) is 11.1. The molecule has 4 rings (SSSR count). The maximum Gasteiger partial charge on any atom is 0.295 e. The van der Waals surface area contributed by atoms with Gasteiger partial charge in [-0.2, -0.15) is 0 Å². The van der Waals surface area contributed by atoms with Crippen LogP contribution in [-0.2, 0) is 16.0 Å². The van der Waals surface area contributed by atoms with Crippen molar-refractivity contribution in [1.82, 2.24) is 9.88 Å². The SMILES string of the molecule is CCOc1ccc(C2C(=C(O)c3ccncc3)C(=O)C(=O)N2CCc2ccccc2)cc1OC. The van der Waals surface area contributed by atoms with Crippen LogP contribution in [0, 0.1) is 0 Å². The third-order valence-corrected chi connectivity index (χ3v) is 5.78. The molecule has 7 nitrogen and oxygen atoms in total. The molecule has 0 spiro atoms. The van der Waals surface area contributed by atoms with Gasteiger partial charge < -0.3 is 19.5 Å². The number of Topliss-reactive ketones (excluding diaryl/α,β-unsaturated/α-hetero) is 1. The Morgan fingerprint density at radius 1 is 1.03 bits per heavy atom. The van der Waals surface area contributed by atoms with Crippen molar-refractivity contribution in [3.8, 4) is 11.5 Å². The molecule has 0 saturated carbocycles. The highest BCUT2D eigenvalue weighted by molar-refractivity contribution is 6.46. The van der Waals surface area contributed by atoms with Crippen LogP contribution in [0.3, 0.4) is 0 Å². The largest absolute Gasteiger partial charge is 0.507 e. The van der Waals surface area contributed by atoms with E-state index in [4.69, 9.17) is 9.47 Å². The summed E-state index contributed by atoms with van der Waals surface area (Å²) in [5, 5.41) is 11.1. The van der Waals surface area contributed by atoms with E-state index >= 15 is 0 Å². The highest BCUT2D eigenvalue weighted by Gasteiger charge is 2.46. The number of benzene rings is 2. The lowest BCUT2D eigenvalue weighted by Gasteiger charge is -2.26. The lowest BCUT2D eigenvalue weighted by atomic mass is 9.95. The number of carbonyl (C=O) groups is 2. The summed E-state index contributed by atoms with van der Waals surface area (Å²) in [4.78, 5) is 31.8. The summed E-state index contributed by atoms with van der Waals surface area (Å²) in [6.07, 6.45) is 3.61. The highest BCUT2D eigenvalue weighted by Crippen LogP contribution is 2.42. The normalized spacial score (nSPS) is 17.1. The minimum atomic E-state index is -0.776. The zero-order chi connectivity index (χ0) is 24.1. The Hall–Kier alpha value is -4.13. The number of hydrogen-bond donors (Lipinski definition) is 1. The molecule has 34 heavy (non-hydrogen) atoms. The molecule has 1 aliphatic rings. The predicted octanol–water partition coefficient (Wildman–Crippen LogP) is 4.15. The van der Waals surface area contributed by atoms with E-state index < -0.39 is 17.7 Å². The van der Waals surface area contributed by atoms with Crippen LogP contribution in [0.15, 0.2) is 78.6 Å². The van der Waals surface area contributed by atoms with Gasteiger partial charge in [0.25, 0.3) is 11.7 Å². The second kappa shape index (κ2) is 10.2. The first kappa shape index (κ1) is 23.0. The quantitative estimate of drug-likeness (QED) is 0.310. The van der Waals surface area contributed by atoms with Crippen molar-refractivity contribution in [2.45, 2.75) is 19.4 Å². The van der Waals surface area contributed by atoms with Gasteiger partial charge in [-0.3, -0.25) is 14.6 Å². The molecule has 1 saturated heterocycles. The molecule has 0 radical (unpaired) electrons. The van der Waals surface area contributed by atoms with Gasteiger partial charge in [-0.05, 0) is 48.7 Å². The summed E-state index contributed by atoms with van der Waals surface area (Å²) < 4.78 is 11.1. The maximum atomic E-state index is 13.2. The summed E-state index contributed by atoms with van der Waals surface area (Å²) in [6.45, 7) is 2.65. The summed E-state index contributed by atoms with van der Waals surface area (Å²) in [7, 11) is 1.53. The van der Waals surface area contributed by atoms with Crippen molar-refractivity contribution in [2.75, 3.05) is 20.3 Å². The van der Waals surface area contributed by atoms with E-state index in [1.54, 1.807) is 30.3 Å². The van der Waals surface area contributed by atoms with Crippen molar-refractivity contribution < 1.29 is 24.2 Å². The third-order valence-electron chi connectivity index (χ3n) is 5.78. The second-order valence-electron chi connectivity index (χ2n) is 7.81. The molecule has 174 valence electrons. The number of nitrogens with zero attached hydrogens (tertiary/aromatic N) is 2. The number of ether oxygens (including phenoxy) is 2. The fourth-order valence-corrected chi connectivity index (χ4v) is 4.15. The highest BCUT2D eigenvalue weighted by atomic mass is 16.5. The number of pyridine rings is 1. The molecule has 1 fully saturated rings. The third kappa shape index (κ3) is 4.50. The molecular weight excluding hydrogens is 432 g/mol. The number of methoxy groups -OCH3 is 1. The Balaban J connectivity index is 1.81.